The minimum absolute atomic E-state index is 0.0566. The maximum atomic E-state index is 14.0. The number of hydrogen-bond donors (Lipinski definition) is 0. The molecule has 126 valence electrons. The van der Waals surface area contributed by atoms with E-state index in [1.54, 1.807) is 0 Å². The van der Waals surface area contributed by atoms with Crippen LogP contribution in [0, 0.1) is 5.82 Å². The van der Waals surface area contributed by atoms with Gasteiger partial charge in [0.1, 0.15) is 5.82 Å². The Kier molecular flexibility index (Phi) is 4.93. The van der Waals surface area contributed by atoms with Crippen molar-refractivity contribution in [2.75, 3.05) is 5.75 Å². The third-order valence-corrected chi connectivity index (χ3v) is 5.16. The maximum Gasteiger partial charge on any atom is 0.429 e. The molecule has 2 rings (SSSR count). The monoisotopic (exact) mass is 388 g/mol. The second kappa shape index (κ2) is 6.29. The zero-order chi connectivity index (χ0) is 17.4. The van der Waals surface area contributed by atoms with E-state index in [1.807, 2.05) is 0 Å². The number of rotatable bonds is 4. The molecule has 1 aromatic heterocycles. The first-order valence-corrected chi connectivity index (χ1v) is 8.95. The summed E-state index contributed by atoms with van der Waals surface area (Å²) < 4.78 is 80.8. The van der Waals surface area contributed by atoms with E-state index in [0.29, 0.717) is 0 Å². The van der Waals surface area contributed by atoms with Crippen molar-refractivity contribution >= 4 is 33.1 Å². The SMILES string of the molecule is CCS(=O)(=O)Oc1c(-c2ccc(Cl)cc2F)csc1C(F)(F)F. The van der Waals surface area contributed by atoms with Crippen LogP contribution in [0.15, 0.2) is 23.6 Å². The standard InChI is InChI=1S/C13H9ClF4O3S2/c1-2-23(19,20)21-11-9(6-22-12(11)13(16,17)18)8-4-3-7(14)5-10(8)15/h3-6H,2H2,1H3. The summed E-state index contributed by atoms with van der Waals surface area (Å²) in [4.78, 5) is -1.25. The number of hydrogen-bond acceptors (Lipinski definition) is 4. The van der Waals surface area contributed by atoms with Gasteiger partial charge >= 0.3 is 16.3 Å². The molecule has 2 aromatic rings. The van der Waals surface area contributed by atoms with Gasteiger partial charge < -0.3 is 4.18 Å². The summed E-state index contributed by atoms with van der Waals surface area (Å²) in [7, 11) is -4.22. The summed E-state index contributed by atoms with van der Waals surface area (Å²) in [5, 5.41) is 1.05. The Morgan fingerprint density at radius 3 is 2.43 bits per heavy atom. The first-order chi connectivity index (χ1) is 10.5. The van der Waals surface area contributed by atoms with Gasteiger partial charge in [0.15, 0.2) is 10.6 Å². The van der Waals surface area contributed by atoms with Crippen molar-refractivity contribution in [2.45, 2.75) is 13.1 Å². The first kappa shape index (κ1) is 18.0. The molecule has 0 bridgehead atoms. The van der Waals surface area contributed by atoms with E-state index in [-0.39, 0.29) is 27.5 Å². The van der Waals surface area contributed by atoms with Crippen molar-refractivity contribution in [2.24, 2.45) is 0 Å². The maximum absolute atomic E-state index is 14.0. The van der Waals surface area contributed by atoms with Crippen molar-refractivity contribution in [3.05, 3.63) is 39.3 Å². The van der Waals surface area contributed by atoms with E-state index >= 15 is 0 Å². The minimum Gasteiger partial charge on any atom is -0.380 e. The molecule has 1 aromatic carbocycles. The summed E-state index contributed by atoms with van der Waals surface area (Å²) >= 11 is 5.83. The summed E-state index contributed by atoms with van der Waals surface area (Å²) in [6.45, 7) is 1.22. The lowest BCUT2D eigenvalue weighted by Crippen LogP contribution is -2.14. The molecular weight excluding hydrogens is 380 g/mol. The van der Waals surface area contributed by atoms with Crippen molar-refractivity contribution in [3.8, 4) is 16.9 Å². The van der Waals surface area contributed by atoms with Crippen LogP contribution in [0.5, 0.6) is 5.75 Å². The van der Waals surface area contributed by atoms with E-state index < -0.39 is 38.5 Å². The second-order valence-corrected chi connectivity index (χ2v) is 7.53. The third kappa shape index (κ3) is 3.96. The molecule has 3 nitrogen and oxygen atoms in total. The smallest absolute Gasteiger partial charge is 0.380 e. The highest BCUT2D eigenvalue weighted by Gasteiger charge is 2.39. The molecule has 0 aliphatic heterocycles. The lowest BCUT2D eigenvalue weighted by molar-refractivity contribution is -0.135. The van der Waals surface area contributed by atoms with Gasteiger partial charge in [0.25, 0.3) is 0 Å². The average molecular weight is 389 g/mol. The molecular formula is C13H9ClF4O3S2. The van der Waals surface area contributed by atoms with Gasteiger partial charge in [0.05, 0.1) is 5.75 Å². The molecule has 0 aliphatic carbocycles. The van der Waals surface area contributed by atoms with Crippen molar-refractivity contribution < 1.29 is 30.2 Å². The van der Waals surface area contributed by atoms with Gasteiger partial charge in [-0.3, -0.25) is 0 Å². The van der Waals surface area contributed by atoms with Crippen LogP contribution in [-0.4, -0.2) is 14.2 Å². The number of benzene rings is 1. The zero-order valence-corrected chi connectivity index (χ0v) is 13.8. The van der Waals surface area contributed by atoms with Gasteiger partial charge in [-0.2, -0.15) is 21.6 Å². The lowest BCUT2D eigenvalue weighted by Gasteiger charge is -2.11. The molecule has 0 spiro atoms. The number of alkyl halides is 3. The highest BCUT2D eigenvalue weighted by molar-refractivity contribution is 7.87. The van der Waals surface area contributed by atoms with Crippen LogP contribution in [0.2, 0.25) is 5.02 Å². The van der Waals surface area contributed by atoms with Crippen molar-refractivity contribution in [1.29, 1.82) is 0 Å². The van der Waals surface area contributed by atoms with Crippen LogP contribution in [0.4, 0.5) is 17.6 Å². The molecule has 23 heavy (non-hydrogen) atoms. The summed E-state index contributed by atoms with van der Waals surface area (Å²) in [6.07, 6.45) is -4.83. The van der Waals surface area contributed by atoms with Crippen molar-refractivity contribution in [1.82, 2.24) is 0 Å². The molecule has 0 radical (unpaired) electrons. The van der Waals surface area contributed by atoms with Crippen LogP contribution in [0.1, 0.15) is 11.8 Å². The lowest BCUT2D eigenvalue weighted by atomic mass is 10.1. The van der Waals surface area contributed by atoms with Gasteiger partial charge in [0.2, 0.25) is 0 Å². The second-order valence-electron chi connectivity index (χ2n) is 4.36. The van der Waals surface area contributed by atoms with Gasteiger partial charge in [0, 0.05) is 21.5 Å². The Hall–Kier alpha value is -1.32. The highest BCUT2D eigenvalue weighted by Crippen LogP contribution is 2.47. The van der Waals surface area contributed by atoms with Gasteiger partial charge in [-0.15, -0.1) is 11.3 Å². The van der Waals surface area contributed by atoms with Crippen LogP contribution in [-0.2, 0) is 16.3 Å². The zero-order valence-electron chi connectivity index (χ0n) is 11.4. The normalized spacial score (nSPS) is 12.4. The van der Waals surface area contributed by atoms with E-state index in [1.165, 1.54) is 13.0 Å². The van der Waals surface area contributed by atoms with Crippen molar-refractivity contribution in [3.63, 3.8) is 0 Å². The molecule has 0 aliphatic rings. The molecule has 0 unspecified atom stereocenters. The molecule has 0 N–H and O–H groups in total. The molecule has 0 saturated heterocycles. The Morgan fingerprint density at radius 1 is 1.26 bits per heavy atom. The van der Waals surface area contributed by atoms with E-state index in [2.05, 4.69) is 4.18 Å². The Balaban J connectivity index is 2.67. The predicted molar refractivity (Wildman–Crippen MR) is 79.8 cm³/mol. The largest absolute Gasteiger partial charge is 0.429 e. The Morgan fingerprint density at radius 2 is 1.91 bits per heavy atom. The van der Waals surface area contributed by atoms with E-state index in [0.717, 1.165) is 17.5 Å². The molecule has 0 atom stereocenters. The highest BCUT2D eigenvalue weighted by atomic mass is 35.5. The number of thiophene rings is 1. The van der Waals surface area contributed by atoms with E-state index in [9.17, 15) is 26.0 Å². The molecule has 10 heteroatoms. The van der Waals surface area contributed by atoms with Crippen LogP contribution >= 0.6 is 22.9 Å². The van der Waals surface area contributed by atoms with Gasteiger partial charge in [-0.05, 0) is 25.1 Å². The van der Waals surface area contributed by atoms with Crippen LogP contribution in [0.3, 0.4) is 0 Å². The fourth-order valence-corrected chi connectivity index (χ4v) is 3.32. The molecule has 0 saturated carbocycles. The molecule has 1 heterocycles. The van der Waals surface area contributed by atoms with Crippen LogP contribution < -0.4 is 4.18 Å². The minimum atomic E-state index is -4.83. The summed E-state index contributed by atoms with van der Waals surface area (Å²) in [6, 6.07) is 3.36. The Bertz CT molecular complexity index is 828. The third-order valence-electron chi connectivity index (χ3n) is 2.79. The molecule has 0 fully saturated rings. The van der Waals surface area contributed by atoms with Gasteiger partial charge in [-0.1, -0.05) is 11.6 Å². The Labute approximate surface area is 138 Å². The first-order valence-electron chi connectivity index (χ1n) is 6.11. The molecule has 0 amide bonds. The fourth-order valence-electron chi connectivity index (χ4n) is 1.71. The fraction of sp³-hybridized carbons (Fsp3) is 0.231. The average Bonchev–Trinajstić information content (AvgIpc) is 2.81. The van der Waals surface area contributed by atoms with Crippen LogP contribution in [0.25, 0.3) is 11.1 Å². The quantitative estimate of drug-likeness (QED) is 0.549. The van der Waals surface area contributed by atoms with E-state index in [4.69, 9.17) is 11.6 Å². The topological polar surface area (TPSA) is 43.4 Å². The summed E-state index contributed by atoms with van der Waals surface area (Å²) in [5.74, 6) is -2.34. The predicted octanol–water partition coefficient (Wildman–Crippen LogP) is 4.95. The number of halogens is 5. The van der Waals surface area contributed by atoms with Gasteiger partial charge in [-0.25, -0.2) is 4.39 Å². The summed E-state index contributed by atoms with van der Waals surface area (Å²) in [5.41, 5.74) is -0.532.